The van der Waals surface area contributed by atoms with Crippen LogP contribution in [0.5, 0.6) is 0 Å². The SMILES string of the molecule is OC1c2ccccc2CC1N1CCC(N2CCOCC2)C1. The Balaban J connectivity index is 1.42. The lowest BCUT2D eigenvalue weighted by Gasteiger charge is -2.33. The molecule has 2 fully saturated rings. The van der Waals surface area contributed by atoms with E-state index in [2.05, 4.69) is 28.0 Å². The Hall–Kier alpha value is -0.940. The highest BCUT2D eigenvalue weighted by molar-refractivity contribution is 5.36. The summed E-state index contributed by atoms with van der Waals surface area (Å²) in [6.45, 7) is 6.06. The molecule has 2 saturated heterocycles. The molecule has 1 aromatic rings. The fraction of sp³-hybridized carbons (Fsp3) is 0.647. The summed E-state index contributed by atoms with van der Waals surface area (Å²) < 4.78 is 5.45. The van der Waals surface area contributed by atoms with Crippen LogP contribution in [0.15, 0.2) is 24.3 Å². The molecule has 3 unspecified atom stereocenters. The lowest BCUT2D eigenvalue weighted by molar-refractivity contribution is 0.0143. The molecule has 3 atom stereocenters. The molecule has 1 N–H and O–H groups in total. The van der Waals surface area contributed by atoms with Crippen molar-refractivity contribution in [2.75, 3.05) is 39.4 Å². The van der Waals surface area contributed by atoms with Crippen molar-refractivity contribution in [2.45, 2.75) is 31.0 Å². The van der Waals surface area contributed by atoms with Crippen molar-refractivity contribution in [1.29, 1.82) is 0 Å². The predicted octanol–water partition coefficient (Wildman–Crippen LogP) is 1.05. The summed E-state index contributed by atoms with van der Waals surface area (Å²) >= 11 is 0. The third-order valence-corrected chi connectivity index (χ3v) is 5.39. The molecule has 1 aromatic carbocycles. The molecule has 0 spiro atoms. The topological polar surface area (TPSA) is 35.9 Å². The number of nitrogens with zero attached hydrogens (tertiary/aromatic N) is 2. The van der Waals surface area contributed by atoms with Gasteiger partial charge in [-0.1, -0.05) is 24.3 Å². The van der Waals surface area contributed by atoms with Crippen LogP contribution in [0.4, 0.5) is 0 Å². The smallest absolute Gasteiger partial charge is 0.0951 e. The van der Waals surface area contributed by atoms with Crippen LogP contribution in [0.2, 0.25) is 0 Å². The van der Waals surface area contributed by atoms with Gasteiger partial charge in [-0.25, -0.2) is 0 Å². The lowest BCUT2D eigenvalue weighted by Crippen LogP contribution is -2.46. The fourth-order valence-corrected chi connectivity index (χ4v) is 4.19. The highest BCUT2D eigenvalue weighted by Crippen LogP contribution is 2.36. The Morgan fingerprint density at radius 1 is 1.05 bits per heavy atom. The van der Waals surface area contributed by atoms with E-state index in [1.807, 2.05) is 6.07 Å². The zero-order valence-electron chi connectivity index (χ0n) is 12.4. The summed E-state index contributed by atoms with van der Waals surface area (Å²) in [7, 11) is 0. The minimum absolute atomic E-state index is 0.272. The number of likely N-dealkylation sites (tertiary alicyclic amines) is 1. The molecule has 0 amide bonds. The largest absolute Gasteiger partial charge is 0.387 e. The van der Waals surface area contributed by atoms with Gasteiger partial charge < -0.3 is 9.84 Å². The van der Waals surface area contributed by atoms with Gasteiger partial charge in [-0.3, -0.25) is 9.80 Å². The first-order chi connectivity index (χ1) is 10.3. The van der Waals surface area contributed by atoms with Gasteiger partial charge in [-0.15, -0.1) is 0 Å². The molecule has 21 heavy (non-hydrogen) atoms. The van der Waals surface area contributed by atoms with Crippen LogP contribution < -0.4 is 0 Å². The van der Waals surface area contributed by atoms with Gasteiger partial charge in [0.1, 0.15) is 0 Å². The first kappa shape index (κ1) is 13.7. The number of rotatable bonds is 2. The molecule has 2 heterocycles. The van der Waals surface area contributed by atoms with E-state index in [4.69, 9.17) is 4.74 Å². The van der Waals surface area contributed by atoms with Crippen molar-refractivity contribution in [3.63, 3.8) is 0 Å². The van der Waals surface area contributed by atoms with Crippen molar-refractivity contribution < 1.29 is 9.84 Å². The molecule has 0 bridgehead atoms. The van der Waals surface area contributed by atoms with Gasteiger partial charge in [0.05, 0.1) is 19.3 Å². The Bertz CT molecular complexity index is 501. The molecule has 114 valence electrons. The van der Waals surface area contributed by atoms with Crippen molar-refractivity contribution >= 4 is 0 Å². The number of hydrogen-bond donors (Lipinski definition) is 1. The number of benzene rings is 1. The number of ether oxygens (including phenoxy) is 1. The molecule has 0 saturated carbocycles. The summed E-state index contributed by atoms with van der Waals surface area (Å²) in [6.07, 6.45) is 1.90. The van der Waals surface area contributed by atoms with Gasteiger partial charge >= 0.3 is 0 Å². The van der Waals surface area contributed by atoms with E-state index in [-0.39, 0.29) is 12.1 Å². The maximum absolute atomic E-state index is 10.6. The molecular formula is C17H24N2O2. The number of morpholine rings is 1. The third kappa shape index (κ3) is 2.50. The van der Waals surface area contributed by atoms with Crippen LogP contribution in [-0.2, 0) is 11.2 Å². The van der Waals surface area contributed by atoms with Gasteiger partial charge in [0, 0.05) is 38.3 Å². The Morgan fingerprint density at radius 2 is 1.86 bits per heavy atom. The average Bonchev–Trinajstić information content (AvgIpc) is 3.14. The third-order valence-electron chi connectivity index (χ3n) is 5.39. The van der Waals surface area contributed by atoms with Crippen molar-refractivity contribution in [1.82, 2.24) is 9.80 Å². The van der Waals surface area contributed by atoms with Crippen LogP contribution in [0, 0.1) is 0 Å². The Morgan fingerprint density at radius 3 is 2.67 bits per heavy atom. The van der Waals surface area contributed by atoms with Crippen molar-refractivity contribution in [3.8, 4) is 0 Å². The number of aliphatic hydroxyl groups excluding tert-OH is 1. The Kier molecular flexibility index (Phi) is 3.71. The standard InChI is InChI=1S/C17H24N2O2/c20-17-15-4-2-1-3-13(15)11-16(17)19-6-5-14(12-19)18-7-9-21-10-8-18/h1-4,14,16-17,20H,5-12H2. The van der Waals surface area contributed by atoms with Crippen LogP contribution in [0.3, 0.4) is 0 Å². The molecule has 3 aliphatic rings. The molecule has 1 aliphatic carbocycles. The van der Waals surface area contributed by atoms with Gasteiger partial charge in [0.2, 0.25) is 0 Å². The number of aliphatic hydroxyl groups is 1. The van der Waals surface area contributed by atoms with E-state index in [0.717, 1.165) is 51.4 Å². The van der Waals surface area contributed by atoms with Crippen LogP contribution >= 0.6 is 0 Å². The van der Waals surface area contributed by atoms with Crippen LogP contribution in [0.25, 0.3) is 0 Å². The number of fused-ring (bicyclic) bond motifs is 1. The maximum Gasteiger partial charge on any atom is 0.0951 e. The molecule has 4 rings (SSSR count). The summed E-state index contributed by atoms with van der Waals surface area (Å²) in [5, 5.41) is 10.6. The quantitative estimate of drug-likeness (QED) is 0.882. The fourth-order valence-electron chi connectivity index (χ4n) is 4.19. The molecule has 4 heteroatoms. The minimum atomic E-state index is -0.315. The van der Waals surface area contributed by atoms with Crippen molar-refractivity contribution in [2.24, 2.45) is 0 Å². The molecular weight excluding hydrogens is 264 g/mol. The summed E-state index contributed by atoms with van der Waals surface area (Å²) in [5.74, 6) is 0. The van der Waals surface area contributed by atoms with E-state index in [9.17, 15) is 5.11 Å². The lowest BCUT2D eigenvalue weighted by atomic mass is 10.1. The molecule has 4 nitrogen and oxygen atoms in total. The van der Waals surface area contributed by atoms with Gasteiger partial charge in [-0.2, -0.15) is 0 Å². The first-order valence-corrected chi connectivity index (χ1v) is 8.14. The van der Waals surface area contributed by atoms with E-state index in [1.54, 1.807) is 0 Å². The normalized spacial score (nSPS) is 34.2. The second-order valence-electron chi connectivity index (χ2n) is 6.50. The highest BCUT2D eigenvalue weighted by Gasteiger charge is 2.39. The van der Waals surface area contributed by atoms with Crippen molar-refractivity contribution in [3.05, 3.63) is 35.4 Å². The van der Waals surface area contributed by atoms with Gasteiger partial charge in [-0.05, 0) is 24.0 Å². The van der Waals surface area contributed by atoms with E-state index < -0.39 is 0 Å². The van der Waals surface area contributed by atoms with Gasteiger partial charge in [0.15, 0.2) is 0 Å². The molecule has 0 aromatic heterocycles. The molecule has 2 aliphatic heterocycles. The average molecular weight is 288 g/mol. The minimum Gasteiger partial charge on any atom is -0.387 e. The molecule has 0 radical (unpaired) electrons. The highest BCUT2D eigenvalue weighted by atomic mass is 16.5. The number of hydrogen-bond acceptors (Lipinski definition) is 4. The predicted molar refractivity (Wildman–Crippen MR) is 81.3 cm³/mol. The van der Waals surface area contributed by atoms with Gasteiger partial charge in [0.25, 0.3) is 0 Å². The zero-order valence-corrected chi connectivity index (χ0v) is 12.4. The van der Waals surface area contributed by atoms with E-state index in [0.29, 0.717) is 6.04 Å². The maximum atomic E-state index is 10.6. The summed E-state index contributed by atoms with van der Waals surface area (Å²) in [5.41, 5.74) is 2.46. The zero-order chi connectivity index (χ0) is 14.2. The summed E-state index contributed by atoms with van der Waals surface area (Å²) in [6, 6.07) is 9.27. The second-order valence-corrected chi connectivity index (χ2v) is 6.50. The first-order valence-electron chi connectivity index (χ1n) is 8.14. The van der Waals surface area contributed by atoms with E-state index >= 15 is 0 Å². The summed E-state index contributed by atoms with van der Waals surface area (Å²) in [4.78, 5) is 5.07. The second kappa shape index (κ2) is 5.69. The van der Waals surface area contributed by atoms with Crippen LogP contribution in [-0.4, -0.2) is 66.4 Å². The van der Waals surface area contributed by atoms with Crippen LogP contribution in [0.1, 0.15) is 23.7 Å². The monoisotopic (exact) mass is 288 g/mol. The van der Waals surface area contributed by atoms with E-state index in [1.165, 1.54) is 12.0 Å². The Labute approximate surface area is 126 Å².